The standard InChI is InChI=1S/C16H26N6O/c23-16(21-10-9-20-8-2-1-3-14(20)11-21)15-12-22(19-18-15)13-4-6-17-7-5-13/h12-14,17H,1-11H2. The Balaban J connectivity index is 1.41. The second-order valence-corrected chi connectivity index (χ2v) is 7.00. The summed E-state index contributed by atoms with van der Waals surface area (Å²) in [5, 5.41) is 11.7. The van der Waals surface area contributed by atoms with Crippen LogP contribution in [-0.4, -0.2) is 76.0 Å². The highest BCUT2D eigenvalue weighted by Crippen LogP contribution is 2.22. The molecule has 7 heteroatoms. The first-order chi connectivity index (χ1) is 11.3. The maximum Gasteiger partial charge on any atom is 0.276 e. The van der Waals surface area contributed by atoms with E-state index in [2.05, 4.69) is 20.5 Å². The summed E-state index contributed by atoms with van der Waals surface area (Å²) in [6, 6.07) is 0.918. The Morgan fingerprint density at radius 1 is 1.09 bits per heavy atom. The highest BCUT2D eigenvalue weighted by atomic mass is 16.2. The van der Waals surface area contributed by atoms with Crippen molar-refractivity contribution in [1.82, 2.24) is 30.1 Å². The van der Waals surface area contributed by atoms with Gasteiger partial charge in [-0.05, 0) is 45.3 Å². The summed E-state index contributed by atoms with van der Waals surface area (Å²) in [4.78, 5) is 17.3. The Morgan fingerprint density at radius 3 is 2.83 bits per heavy atom. The third kappa shape index (κ3) is 3.12. The number of aromatic nitrogens is 3. The Hall–Kier alpha value is -1.47. The number of nitrogens with one attached hydrogen (secondary N) is 1. The summed E-state index contributed by atoms with van der Waals surface area (Å²) in [7, 11) is 0. The van der Waals surface area contributed by atoms with Gasteiger partial charge in [0.1, 0.15) is 0 Å². The van der Waals surface area contributed by atoms with E-state index in [1.54, 1.807) is 0 Å². The van der Waals surface area contributed by atoms with Gasteiger partial charge in [-0.25, -0.2) is 4.68 Å². The summed E-state index contributed by atoms with van der Waals surface area (Å²) in [5.41, 5.74) is 0.507. The van der Waals surface area contributed by atoms with Gasteiger partial charge in [-0.1, -0.05) is 11.6 Å². The van der Waals surface area contributed by atoms with Crippen molar-refractivity contribution >= 4 is 5.91 Å². The lowest BCUT2D eigenvalue weighted by atomic mass is 9.99. The molecule has 1 N–H and O–H groups in total. The molecule has 3 aliphatic rings. The first-order valence-corrected chi connectivity index (χ1v) is 8.97. The summed E-state index contributed by atoms with van der Waals surface area (Å²) >= 11 is 0. The van der Waals surface area contributed by atoms with Crippen molar-refractivity contribution < 1.29 is 4.79 Å². The normalized spacial score (nSPS) is 27.0. The zero-order chi connectivity index (χ0) is 15.6. The van der Waals surface area contributed by atoms with Gasteiger partial charge in [-0.3, -0.25) is 9.69 Å². The van der Waals surface area contributed by atoms with E-state index in [9.17, 15) is 4.79 Å². The van der Waals surface area contributed by atoms with Crippen molar-refractivity contribution in [2.45, 2.75) is 44.2 Å². The van der Waals surface area contributed by atoms with Gasteiger partial charge in [0.05, 0.1) is 12.2 Å². The van der Waals surface area contributed by atoms with Gasteiger partial charge in [0.15, 0.2) is 5.69 Å². The molecule has 0 aliphatic carbocycles. The first kappa shape index (κ1) is 15.1. The van der Waals surface area contributed by atoms with Crippen LogP contribution < -0.4 is 5.32 Å². The van der Waals surface area contributed by atoms with Crippen LogP contribution in [0.5, 0.6) is 0 Å². The molecule has 1 aromatic heterocycles. The molecule has 126 valence electrons. The molecule has 0 aromatic carbocycles. The molecule has 3 aliphatic heterocycles. The van der Waals surface area contributed by atoms with Gasteiger partial charge in [-0.2, -0.15) is 0 Å². The Labute approximate surface area is 137 Å². The molecule has 3 saturated heterocycles. The molecule has 1 atom stereocenters. The van der Waals surface area contributed by atoms with Gasteiger partial charge in [0, 0.05) is 25.7 Å². The number of rotatable bonds is 2. The van der Waals surface area contributed by atoms with Crippen LogP contribution in [0, 0.1) is 0 Å². The van der Waals surface area contributed by atoms with Crippen LogP contribution in [0.3, 0.4) is 0 Å². The van der Waals surface area contributed by atoms with Crippen molar-refractivity contribution in [1.29, 1.82) is 0 Å². The van der Waals surface area contributed by atoms with Crippen LogP contribution in [0.25, 0.3) is 0 Å². The number of carbonyl (C=O) groups is 1. The lowest BCUT2D eigenvalue weighted by molar-refractivity contribution is 0.0368. The average Bonchev–Trinajstić information content (AvgIpc) is 3.11. The minimum atomic E-state index is 0.0513. The fourth-order valence-electron chi connectivity index (χ4n) is 4.13. The van der Waals surface area contributed by atoms with Gasteiger partial charge in [0.25, 0.3) is 5.91 Å². The maximum atomic E-state index is 12.7. The topological polar surface area (TPSA) is 66.3 Å². The van der Waals surface area contributed by atoms with Crippen molar-refractivity contribution in [2.75, 3.05) is 39.3 Å². The van der Waals surface area contributed by atoms with Crippen molar-refractivity contribution in [3.63, 3.8) is 0 Å². The third-order valence-electron chi connectivity index (χ3n) is 5.54. The molecule has 1 amide bonds. The molecular formula is C16H26N6O. The number of piperazine rings is 1. The van der Waals surface area contributed by atoms with E-state index in [1.807, 2.05) is 15.8 Å². The molecule has 7 nitrogen and oxygen atoms in total. The zero-order valence-corrected chi connectivity index (χ0v) is 13.7. The second kappa shape index (κ2) is 6.57. The van der Waals surface area contributed by atoms with Crippen LogP contribution in [0.15, 0.2) is 6.20 Å². The lowest BCUT2D eigenvalue weighted by Crippen LogP contribution is -2.56. The summed E-state index contributed by atoms with van der Waals surface area (Å²) in [5.74, 6) is 0.0513. The average molecular weight is 318 g/mol. The first-order valence-electron chi connectivity index (χ1n) is 8.97. The number of nitrogens with zero attached hydrogens (tertiary/aromatic N) is 5. The van der Waals surface area contributed by atoms with E-state index in [1.165, 1.54) is 25.8 Å². The molecule has 0 radical (unpaired) electrons. The number of piperidine rings is 2. The van der Waals surface area contributed by atoms with Crippen LogP contribution in [-0.2, 0) is 0 Å². The molecule has 4 rings (SSSR count). The Morgan fingerprint density at radius 2 is 1.96 bits per heavy atom. The molecule has 1 aromatic rings. The third-order valence-corrected chi connectivity index (χ3v) is 5.54. The molecule has 4 heterocycles. The molecule has 0 saturated carbocycles. The Kier molecular flexibility index (Phi) is 4.31. The molecule has 23 heavy (non-hydrogen) atoms. The monoisotopic (exact) mass is 318 g/mol. The maximum absolute atomic E-state index is 12.7. The van der Waals surface area contributed by atoms with Crippen LogP contribution >= 0.6 is 0 Å². The van der Waals surface area contributed by atoms with Gasteiger partial charge in [0.2, 0.25) is 0 Å². The van der Waals surface area contributed by atoms with E-state index < -0.39 is 0 Å². The smallest absolute Gasteiger partial charge is 0.276 e. The summed E-state index contributed by atoms with van der Waals surface area (Å²) < 4.78 is 1.89. The van der Waals surface area contributed by atoms with Crippen molar-refractivity contribution in [3.8, 4) is 0 Å². The largest absolute Gasteiger partial charge is 0.334 e. The van der Waals surface area contributed by atoms with Gasteiger partial charge >= 0.3 is 0 Å². The molecular weight excluding hydrogens is 292 g/mol. The van der Waals surface area contributed by atoms with Crippen LogP contribution in [0.2, 0.25) is 0 Å². The van der Waals surface area contributed by atoms with Crippen molar-refractivity contribution in [2.24, 2.45) is 0 Å². The minimum Gasteiger partial charge on any atom is -0.334 e. The van der Waals surface area contributed by atoms with Crippen LogP contribution in [0.1, 0.15) is 48.6 Å². The van der Waals surface area contributed by atoms with Gasteiger partial charge < -0.3 is 10.2 Å². The van der Waals surface area contributed by atoms with E-state index in [-0.39, 0.29) is 5.91 Å². The predicted octanol–water partition coefficient (Wildman–Crippen LogP) is 0.513. The number of amides is 1. The van der Waals surface area contributed by atoms with E-state index >= 15 is 0 Å². The van der Waals surface area contributed by atoms with E-state index in [0.717, 1.165) is 45.6 Å². The fourth-order valence-corrected chi connectivity index (χ4v) is 4.13. The van der Waals surface area contributed by atoms with Crippen LogP contribution in [0.4, 0.5) is 0 Å². The molecule has 3 fully saturated rings. The number of hydrogen-bond acceptors (Lipinski definition) is 5. The highest BCUT2D eigenvalue weighted by Gasteiger charge is 2.32. The molecule has 0 bridgehead atoms. The minimum absolute atomic E-state index is 0.0513. The number of carbonyl (C=O) groups excluding carboxylic acids is 1. The van der Waals surface area contributed by atoms with E-state index in [0.29, 0.717) is 17.8 Å². The summed E-state index contributed by atoms with van der Waals surface area (Å²) in [6.45, 7) is 5.88. The quantitative estimate of drug-likeness (QED) is 0.861. The Bertz CT molecular complexity index is 553. The lowest BCUT2D eigenvalue weighted by Gasteiger charge is -2.43. The second-order valence-electron chi connectivity index (χ2n) is 7.00. The molecule has 1 unspecified atom stereocenters. The van der Waals surface area contributed by atoms with Gasteiger partial charge in [-0.15, -0.1) is 5.10 Å². The molecule has 0 spiro atoms. The number of fused-ring (bicyclic) bond motifs is 1. The number of hydrogen-bond donors (Lipinski definition) is 1. The highest BCUT2D eigenvalue weighted by molar-refractivity contribution is 5.92. The zero-order valence-electron chi connectivity index (χ0n) is 13.7. The summed E-state index contributed by atoms with van der Waals surface area (Å²) in [6.07, 6.45) is 7.76. The van der Waals surface area contributed by atoms with E-state index in [4.69, 9.17) is 0 Å². The fraction of sp³-hybridized carbons (Fsp3) is 0.812. The van der Waals surface area contributed by atoms with Crippen molar-refractivity contribution in [3.05, 3.63) is 11.9 Å². The predicted molar refractivity (Wildman–Crippen MR) is 86.3 cm³/mol. The SMILES string of the molecule is O=C(c1cn(C2CCNCC2)nn1)N1CCN2CCCCC2C1.